The Balaban J connectivity index is 0.00000364. The quantitative estimate of drug-likeness (QED) is 0.228. The summed E-state index contributed by atoms with van der Waals surface area (Å²) in [6, 6.07) is 10.2. The summed E-state index contributed by atoms with van der Waals surface area (Å²) in [5.41, 5.74) is 1.15. The number of nitrogens with one attached hydrogen (secondary N) is 2. The molecular weight excluding hydrogens is 457 g/mol. The molecule has 27 heavy (non-hydrogen) atoms. The van der Waals surface area contributed by atoms with Gasteiger partial charge in [0.2, 0.25) is 0 Å². The van der Waals surface area contributed by atoms with Gasteiger partial charge in [-0.25, -0.2) is 0 Å². The van der Waals surface area contributed by atoms with Crippen LogP contribution in [0.2, 0.25) is 0 Å². The topological polar surface area (TPSA) is 64.1 Å². The Morgan fingerprint density at radius 2 is 1.96 bits per heavy atom. The van der Waals surface area contributed by atoms with Crippen molar-refractivity contribution in [2.24, 2.45) is 10.9 Å². The third-order valence-corrected chi connectivity index (χ3v) is 4.59. The highest BCUT2D eigenvalue weighted by atomic mass is 127. The molecule has 0 spiro atoms. The Morgan fingerprint density at radius 3 is 2.63 bits per heavy atom. The minimum Gasteiger partial charge on any atom is -0.381 e. The minimum atomic E-state index is -0.00226. The second-order valence-corrected chi connectivity index (χ2v) is 6.50. The maximum Gasteiger partial charge on any atom is 0.191 e. The number of guanidine groups is 1. The number of ether oxygens (including phenoxy) is 3. The molecule has 1 aliphatic heterocycles. The van der Waals surface area contributed by atoms with E-state index >= 15 is 0 Å². The largest absolute Gasteiger partial charge is 0.381 e. The normalized spacial score (nSPS) is 16.4. The first-order valence-electron chi connectivity index (χ1n) is 9.51. The SMILES string of the molecule is CN=C(NCCCOCC1CCOCC1)NCC(OC)c1ccccc1.I. The fourth-order valence-electron chi connectivity index (χ4n) is 2.96. The third kappa shape index (κ3) is 9.73. The molecule has 0 radical (unpaired) electrons. The van der Waals surface area contributed by atoms with Crippen molar-refractivity contribution in [1.82, 2.24) is 10.6 Å². The van der Waals surface area contributed by atoms with E-state index in [4.69, 9.17) is 14.2 Å². The molecule has 0 amide bonds. The summed E-state index contributed by atoms with van der Waals surface area (Å²) < 4.78 is 16.7. The molecule has 1 saturated heterocycles. The Morgan fingerprint density at radius 1 is 1.22 bits per heavy atom. The van der Waals surface area contributed by atoms with Gasteiger partial charge in [0.15, 0.2) is 5.96 Å². The van der Waals surface area contributed by atoms with E-state index < -0.39 is 0 Å². The summed E-state index contributed by atoms with van der Waals surface area (Å²) in [7, 11) is 3.51. The van der Waals surface area contributed by atoms with Crippen LogP contribution in [0.25, 0.3) is 0 Å². The Hall–Kier alpha value is -0.900. The van der Waals surface area contributed by atoms with E-state index in [1.165, 1.54) is 0 Å². The zero-order chi connectivity index (χ0) is 18.5. The summed E-state index contributed by atoms with van der Waals surface area (Å²) in [5, 5.41) is 6.64. The first-order valence-corrected chi connectivity index (χ1v) is 9.51. The number of methoxy groups -OCH3 is 1. The fourth-order valence-corrected chi connectivity index (χ4v) is 2.96. The van der Waals surface area contributed by atoms with E-state index in [1.54, 1.807) is 14.2 Å². The van der Waals surface area contributed by atoms with Crippen LogP contribution in [-0.2, 0) is 14.2 Å². The molecule has 2 rings (SSSR count). The van der Waals surface area contributed by atoms with Gasteiger partial charge < -0.3 is 24.8 Å². The Bertz CT molecular complexity index is 510. The van der Waals surface area contributed by atoms with E-state index in [0.29, 0.717) is 12.5 Å². The van der Waals surface area contributed by atoms with E-state index in [9.17, 15) is 0 Å². The van der Waals surface area contributed by atoms with Crippen LogP contribution in [0.4, 0.5) is 0 Å². The van der Waals surface area contributed by atoms with Crippen LogP contribution in [0.1, 0.15) is 30.9 Å². The second kappa shape index (κ2) is 15.1. The van der Waals surface area contributed by atoms with Gasteiger partial charge in [-0.15, -0.1) is 24.0 Å². The van der Waals surface area contributed by atoms with Crippen molar-refractivity contribution in [3.05, 3.63) is 35.9 Å². The van der Waals surface area contributed by atoms with E-state index in [2.05, 4.69) is 27.8 Å². The molecule has 1 fully saturated rings. The number of aliphatic imine (C=N–C) groups is 1. The Kier molecular flexibility index (Phi) is 13.5. The lowest BCUT2D eigenvalue weighted by Gasteiger charge is -2.21. The summed E-state index contributed by atoms with van der Waals surface area (Å²) in [6.07, 6.45) is 3.20. The molecular formula is C20H34IN3O3. The number of benzene rings is 1. The fraction of sp³-hybridized carbons (Fsp3) is 0.650. The van der Waals surface area contributed by atoms with E-state index in [0.717, 1.165) is 63.8 Å². The van der Waals surface area contributed by atoms with Crippen LogP contribution in [-0.4, -0.2) is 59.6 Å². The highest BCUT2D eigenvalue weighted by molar-refractivity contribution is 14.0. The molecule has 1 aromatic carbocycles. The number of nitrogens with zero attached hydrogens (tertiary/aromatic N) is 1. The monoisotopic (exact) mass is 491 g/mol. The van der Waals surface area contributed by atoms with Crippen molar-refractivity contribution in [2.45, 2.75) is 25.4 Å². The Labute approximate surface area is 180 Å². The van der Waals surface area contributed by atoms with Gasteiger partial charge in [0.05, 0.1) is 6.10 Å². The van der Waals surface area contributed by atoms with Crippen molar-refractivity contribution in [3.8, 4) is 0 Å². The number of hydrogen-bond donors (Lipinski definition) is 2. The van der Waals surface area contributed by atoms with Crippen molar-refractivity contribution >= 4 is 29.9 Å². The zero-order valence-electron chi connectivity index (χ0n) is 16.5. The van der Waals surface area contributed by atoms with Crippen LogP contribution in [0.3, 0.4) is 0 Å². The summed E-state index contributed by atoms with van der Waals surface area (Å²) >= 11 is 0. The molecule has 1 atom stereocenters. The van der Waals surface area contributed by atoms with Gasteiger partial charge in [0, 0.05) is 53.7 Å². The summed E-state index contributed by atoms with van der Waals surface area (Å²) in [5.74, 6) is 1.45. The van der Waals surface area contributed by atoms with Crippen LogP contribution < -0.4 is 10.6 Å². The van der Waals surface area contributed by atoms with E-state index in [1.807, 2.05) is 18.2 Å². The minimum absolute atomic E-state index is 0. The average molecular weight is 491 g/mol. The molecule has 1 aliphatic rings. The summed E-state index contributed by atoms with van der Waals surface area (Å²) in [6.45, 7) is 4.87. The molecule has 154 valence electrons. The molecule has 0 aromatic heterocycles. The van der Waals surface area contributed by atoms with Crippen LogP contribution >= 0.6 is 24.0 Å². The molecule has 0 saturated carbocycles. The van der Waals surface area contributed by atoms with Gasteiger partial charge in [-0.2, -0.15) is 0 Å². The number of hydrogen-bond acceptors (Lipinski definition) is 4. The molecule has 2 N–H and O–H groups in total. The van der Waals surface area contributed by atoms with Gasteiger partial charge >= 0.3 is 0 Å². The standard InChI is InChI=1S/C20H33N3O3.HI/c1-21-20(23-15-19(24-2)18-7-4-3-5-8-18)22-11-6-12-26-16-17-9-13-25-14-10-17;/h3-5,7-8,17,19H,6,9-16H2,1-2H3,(H2,21,22,23);1H. The van der Waals surface area contributed by atoms with Gasteiger partial charge in [-0.1, -0.05) is 30.3 Å². The molecule has 6 nitrogen and oxygen atoms in total. The van der Waals surface area contributed by atoms with Crippen molar-refractivity contribution in [1.29, 1.82) is 0 Å². The summed E-state index contributed by atoms with van der Waals surface area (Å²) in [4.78, 5) is 4.26. The van der Waals surface area contributed by atoms with Crippen LogP contribution in [0.15, 0.2) is 35.3 Å². The van der Waals surface area contributed by atoms with E-state index in [-0.39, 0.29) is 30.1 Å². The molecule has 0 aliphatic carbocycles. The molecule has 7 heteroatoms. The van der Waals surface area contributed by atoms with Crippen LogP contribution in [0.5, 0.6) is 0 Å². The van der Waals surface area contributed by atoms with Crippen molar-refractivity contribution in [3.63, 3.8) is 0 Å². The smallest absolute Gasteiger partial charge is 0.191 e. The highest BCUT2D eigenvalue weighted by Crippen LogP contribution is 2.15. The van der Waals surface area contributed by atoms with Crippen LogP contribution in [0, 0.1) is 5.92 Å². The maximum atomic E-state index is 5.79. The lowest BCUT2D eigenvalue weighted by molar-refractivity contribution is 0.0203. The lowest BCUT2D eigenvalue weighted by atomic mass is 10.0. The second-order valence-electron chi connectivity index (χ2n) is 6.50. The zero-order valence-corrected chi connectivity index (χ0v) is 18.8. The van der Waals surface area contributed by atoms with Gasteiger partial charge in [0.1, 0.15) is 0 Å². The molecule has 1 heterocycles. The third-order valence-electron chi connectivity index (χ3n) is 4.59. The highest BCUT2D eigenvalue weighted by Gasteiger charge is 2.13. The van der Waals surface area contributed by atoms with Gasteiger partial charge in [-0.05, 0) is 30.7 Å². The van der Waals surface area contributed by atoms with Crippen molar-refractivity contribution in [2.75, 3.05) is 53.7 Å². The van der Waals surface area contributed by atoms with Gasteiger partial charge in [0.25, 0.3) is 0 Å². The predicted molar refractivity (Wildman–Crippen MR) is 120 cm³/mol. The predicted octanol–water partition coefficient (Wildman–Crippen LogP) is 2.99. The molecule has 0 bridgehead atoms. The molecule has 1 unspecified atom stereocenters. The average Bonchev–Trinajstić information content (AvgIpc) is 2.71. The maximum absolute atomic E-state index is 5.79. The van der Waals surface area contributed by atoms with Crippen molar-refractivity contribution < 1.29 is 14.2 Å². The first kappa shape index (κ1) is 24.1. The lowest BCUT2D eigenvalue weighted by Crippen LogP contribution is -2.40. The first-order chi connectivity index (χ1) is 12.8. The number of rotatable bonds is 10. The van der Waals surface area contributed by atoms with Gasteiger partial charge in [-0.3, -0.25) is 4.99 Å². The molecule has 1 aromatic rings. The number of halogens is 1.